The maximum Gasteiger partial charge on any atom is 0.259 e. The average Bonchev–Trinajstić information content (AvgIpc) is 2.94. The molecule has 3 aromatic rings. The third-order valence-corrected chi connectivity index (χ3v) is 6.65. The Balaban J connectivity index is 1.71. The molecule has 0 aliphatic carbocycles. The summed E-state index contributed by atoms with van der Waals surface area (Å²) >= 11 is 0. The number of benzene rings is 1. The number of hydrogen-bond acceptors (Lipinski definition) is 7. The highest BCUT2D eigenvalue weighted by atomic mass is 16.5. The van der Waals surface area contributed by atoms with Crippen LogP contribution in [0.25, 0.3) is 11.1 Å². The van der Waals surface area contributed by atoms with Crippen LogP contribution in [0.5, 0.6) is 11.6 Å². The molecule has 0 bridgehead atoms. The van der Waals surface area contributed by atoms with Crippen LogP contribution in [-0.2, 0) is 0 Å². The predicted molar refractivity (Wildman–Crippen MR) is 139 cm³/mol. The zero-order chi connectivity index (χ0) is 26.5. The van der Waals surface area contributed by atoms with Gasteiger partial charge in [-0.25, -0.2) is 4.98 Å². The highest BCUT2D eigenvalue weighted by molar-refractivity contribution is 5.98. The maximum atomic E-state index is 13.7. The van der Waals surface area contributed by atoms with E-state index in [0.717, 1.165) is 5.56 Å². The van der Waals surface area contributed by atoms with Gasteiger partial charge in [0, 0.05) is 49.2 Å². The lowest BCUT2D eigenvalue weighted by molar-refractivity contribution is 0.0313. The third-order valence-electron chi connectivity index (χ3n) is 6.65. The Kier molecular flexibility index (Phi) is 8.03. The molecule has 2 aromatic heterocycles. The Morgan fingerprint density at radius 1 is 1.24 bits per heavy atom. The first-order valence-corrected chi connectivity index (χ1v) is 12.2. The van der Waals surface area contributed by atoms with E-state index in [9.17, 15) is 14.7 Å². The number of ether oxygens (including phenoxy) is 2. The average molecular weight is 505 g/mol. The van der Waals surface area contributed by atoms with Gasteiger partial charge >= 0.3 is 0 Å². The van der Waals surface area contributed by atoms with Gasteiger partial charge in [0.25, 0.3) is 11.8 Å². The Morgan fingerprint density at radius 2 is 2.03 bits per heavy atom. The van der Waals surface area contributed by atoms with Gasteiger partial charge in [0.2, 0.25) is 5.88 Å². The van der Waals surface area contributed by atoms with Gasteiger partial charge in [-0.05, 0) is 31.2 Å². The molecule has 4 rings (SSSR count). The molecule has 0 saturated carbocycles. The van der Waals surface area contributed by atoms with Crippen LogP contribution in [0.4, 0.5) is 0 Å². The molecule has 3 atom stereocenters. The molecule has 9 heteroatoms. The van der Waals surface area contributed by atoms with Gasteiger partial charge in [-0.2, -0.15) is 0 Å². The minimum atomic E-state index is -0.449. The van der Waals surface area contributed by atoms with E-state index < -0.39 is 12.1 Å². The number of pyridine rings is 2. The number of aliphatic hydroxyl groups excluding tert-OH is 1. The van der Waals surface area contributed by atoms with Crippen molar-refractivity contribution in [2.24, 2.45) is 5.92 Å². The summed E-state index contributed by atoms with van der Waals surface area (Å²) in [5, 5.41) is 9.90. The van der Waals surface area contributed by atoms with Crippen molar-refractivity contribution in [3.8, 4) is 22.8 Å². The highest BCUT2D eigenvalue weighted by Crippen LogP contribution is 2.34. The molecular weight excluding hydrogens is 472 g/mol. The lowest BCUT2D eigenvalue weighted by atomic mass is 9.99. The van der Waals surface area contributed by atoms with Crippen molar-refractivity contribution in [1.29, 1.82) is 0 Å². The smallest absolute Gasteiger partial charge is 0.259 e. The number of methoxy groups -OCH3 is 1. The van der Waals surface area contributed by atoms with Gasteiger partial charge in [-0.15, -0.1) is 0 Å². The lowest BCUT2D eigenvalue weighted by Crippen LogP contribution is -2.50. The number of nitrogens with zero attached hydrogens (tertiary/aromatic N) is 4. The van der Waals surface area contributed by atoms with Gasteiger partial charge in [0.05, 0.1) is 31.9 Å². The number of carbonyl (C=O) groups is 2. The Labute approximate surface area is 216 Å². The minimum Gasteiger partial charge on any atom is -0.496 e. The topological polar surface area (TPSA) is 105 Å². The number of likely N-dealkylation sites (N-methyl/N-ethyl adjacent to an activating group) is 1. The van der Waals surface area contributed by atoms with Gasteiger partial charge < -0.3 is 24.4 Å². The molecule has 0 fully saturated rings. The quantitative estimate of drug-likeness (QED) is 0.527. The second kappa shape index (κ2) is 11.4. The van der Waals surface area contributed by atoms with Crippen LogP contribution >= 0.6 is 0 Å². The molecule has 0 radical (unpaired) electrons. The summed E-state index contributed by atoms with van der Waals surface area (Å²) in [6, 6.07) is 12.3. The first-order valence-electron chi connectivity index (χ1n) is 12.2. The van der Waals surface area contributed by atoms with Crippen LogP contribution in [0.2, 0.25) is 0 Å². The summed E-state index contributed by atoms with van der Waals surface area (Å²) in [7, 11) is 3.30. The molecular formula is C28H32N4O5. The van der Waals surface area contributed by atoms with Gasteiger partial charge in [0.15, 0.2) is 0 Å². The van der Waals surface area contributed by atoms with E-state index in [1.54, 1.807) is 61.5 Å². The molecule has 1 aromatic carbocycles. The SMILES string of the molecule is COc1ccccc1-c1cnc2c(c1)C(=O)N([C@@H](C)CO)C[C@H](C)[C@H](CN(C)C(=O)c1cccnc1)O2. The third kappa shape index (κ3) is 5.56. The van der Waals surface area contributed by atoms with Crippen LogP contribution < -0.4 is 9.47 Å². The van der Waals surface area contributed by atoms with E-state index in [1.165, 1.54) is 6.20 Å². The van der Waals surface area contributed by atoms with E-state index in [1.807, 2.05) is 31.2 Å². The van der Waals surface area contributed by atoms with Gasteiger partial charge in [0.1, 0.15) is 17.4 Å². The number of amides is 2. The van der Waals surface area contributed by atoms with Crippen LogP contribution in [0.3, 0.4) is 0 Å². The number of aromatic nitrogens is 2. The normalized spacial score (nSPS) is 18.2. The zero-order valence-electron chi connectivity index (χ0n) is 21.5. The van der Waals surface area contributed by atoms with Crippen LogP contribution in [0.1, 0.15) is 34.6 Å². The minimum absolute atomic E-state index is 0.147. The fourth-order valence-electron chi connectivity index (χ4n) is 4.41. The molecule has 0 saturated heterocycles. The van der Waals surface area contributed by atoms with Crippen molar-refractivity contribution < 1.29 is 24.2 Å². The van der Waals surface area contributed by atoms with Gasteiger partial charge in [-0.3, -0.25) is 14.6 Å². The molecule has 0 unspecified atom stereocenters. The van der Waals surface area contributed by atoms with Crippen molar-refractivity contribution >= 4 is 11.8 Å². The van der Waals surface area contributed by atoms with E-state index >= 15 is 0 Å². The number of fused-ring (bicyclic) bond motifs is 1. The summed E-state index contributed by atoms with van der Waals surface area (Å²) in [4.78, 5) is 38.5. The Hall–Kier alpha value is -3.98. The van der Waals surface area contributed by atoms with Crippen molar-refractivity contribution in [3.05, 3.63) is 72.2 Å². The summed E-state index contributed by atoms with van der Waals surface area (Å²) < 4.78 is 11.8. The largest absolute Gasteiger partial charge is 0.496 e. The van der Waals surface area contributed by atoms with Crippen molar-refractivity contribution in [1.82, 2.24) is 19.8 Å². The first-order chi connectivity index (χ1) is 17.8. The molecule has 1 N–H and O–H groups in total. The number of aliphatic hydroxyl groups is 1. The van der Waals surface area contributed by atoms with E-state index in [4.69, 9.17) is 9.47 Å². The standard InChI is InChI=1S/C28H32N4O5/c1-18-15-32(19(2)17-33)28(35)23-12-21(22-9-5-6-10-24(22)36-4)14-30-26(23)37-25(18)16-31(3)27(34)20-8-7-11-29-13-20/h5-14,18-19,25,33H,15-17H2,1-4H3/t18-,19-,25-/m0/s1. The highest BCUT2D eigenvalue weighted by Gasteiger charge is 2.35. The number of carbonyl (C=O) groups excluding carboxylic acids is 2. The van der Waals surface area contributed by atoms with Crippen molar-refractivity contribution in [3.63, 3.8) is 0 Å². The van der Waals surface area contributed by atoms with E-state index in [-0.39, 0.29) is 36.8 Å². The molecule has 37 heavy (non-hydrogen) atoms. The fourth-order valence-corrected chi connectivity index (χ4v) is 4.41. The first kappa shape index (κ1) is 26.1. The number of hydrogen-bond donors (Lipinski definition) is 1. The van der Waals surface area contributed by atoms with E-state index in [2.05, 4.69) is 9.97 Å². The molecule has 2 amide bonds. The van der Waals surface area contributed by atoms with Crippen molar-refractivity contribution in [2.75, 3.05) is 33.9 Å². The monoisotopic (exact) mass is 504 g/mol. The second-order valence-corrected chi connectivity index (χ2v) is 9.33. The second-order valence-electron chi connectivity index (χ2n) is 9.33. The van der Waals surface area contributed by atoms with Gasteiger partial charge in [-0.1, -0.05) is 25.1 Å². The number of rotatable bonds is 7. The predicted octanol–water partition coefficient (Wildman–Crippen LogP) is 3.14. The molecule has 194 valence electrons. The lowest BCUT2D eigenvalue weighted by Gasteiger charge is -2.37. The molecule has 1 aliphatic rings. The van der Waals surface area contributed by atoms with Crippen LogP contribution in [0, 0.1) is 5.92 Å². The summed E-state index contributed by atoms with van der Waals surface area (Å²) in [5.74, 6) is 0.253. The Morgan fingerprint density at radius 3 is 2.73 bits per heavy atom. The molecule has 3 heterocycles. The summed E-state index contributed by atoms with van der Waals surface area (Å²) in [6.45, 7) is 4.21. The summed E-state index contributed by atoms with van der Waals surface area (Å²) in [6.07, 6.45) is 4.35. The fraction of sp³-hybridized carbons (Fsp3) is 0.357. The molecule has 9 nitrogen and oxygen atoms in total. The van der Waals surface area contributed by atoms with Crippen molar-refractivity contribution in [2.45, 2.75) is 26.0 Å². The van der Waals surface area contributed by atoms with E-state index in [0.29, 0.717) is 29.0 Å². The maximum absolute atomic E-state index is 13.7. The zero-order valence-corrected chi connectivity index (χ0v) is 21.5. The number of para-hydroxylation sites is 1. The molecule has 1 aliphatic heterocycles. The van der Waals surface area contributed by atoms with Crippen LogP contribution in [0.15, 0.2) is 61.1 Å². The summed E-state index contributed by atoms with van der Waals surface area (Å²) in [5.41, 5.74) is 2.28. The molecule has 0 spiro atoms. The van der Waals surface area contributed by atoms with Crippen LogP contribution in [-0.4, -0.2) is 82.7 Å². The Bertz CT molecular complexity index is 1250.